The first-order chi connectivity index (χ1) is 7.76. The minimum Gasteiger partial charge on any atom is -0.493 e. The Morgan fingerprint density at radius 2 is 2.06 bits per heavy atom. The molecule has 3 nitrogen and oxygen atoms in total. The molecule has 0 fully saturated rings. The normalized spacial score (nSPS) is 11.6. The molecule has 1 aromatic carbocycles. The summed E-state index contributed by atoms with van der Waals surface area (Å²) in [5.74, 6) is 1.43. The number of rotatable bonds is 6. The van der Waals surface area contributed by atoms with Crippen LogP contribution in [-0.2, 0) is 11.3 Å². The number of isocyanates is 1. The van der Waals surface area contributed by atoms with Gasteiger partial charge in [-0.3, -0.25) is 0 Å². The molecule has 0 saturated heterocycles. The van der Waals surface area contributed by atoms with Crippen LogP contribution < -0.4 is 4.74 Å². The molecular weight excluding hydrogens is 202 g/mol. The van der Waals surface area contributed by atoms with Gasteiger partial charge in [-0.2, -0.15) is 0 Å². The van der Waals surface area contributed by atoms with Gasteiger partial charge >= 0.3 is 0 Å². The van der Waals surface area contributed by atoms with Gasteiger partial charge in [0.1, 0.15) is 5.75 Å². The predicted octanol–water partition coefficient (Wildman–Crippen LogP) is 2.95. The van der Waals surface area contributed by atoms with E-state index >= 15 is 0 Å². The Morgan fingerprint density at radius 3 is 2.62 bits per heavy atom. The Kier molecular flexibility index (Phi) is 5.30. The standard InChI is InChI=1S/C13H17NO2/c1-3-11(2)9-16-13-6-4-12(5-7-13)8-14-10-15/h4-7,11H,3,8-9H2,1-2H3. The molecular formula is C13H17NO2. The van der Waals surface area contributed by atoms with Crippen molar-refractivity contribution >= 4 is 6.08 Å². The third-order valence-electron chi connectivity index (χ3n) is 2.48. The third kappa shape index (κ3) is 4.28. The van der Waals surface area contributed by atoms with Crippen LogP contribution in [0.4, 0.5) is 0 Å². The molecule has 1 atom stereocenters. The minimum atomic E-state index is 0.384. The van der Waals surface area contributed by atoms with Crippen molar-refractivity contribution < 1.29 is 9.53 Å². The molecule has 1 rings (SSSR count). The topological polar surface area (TPSA) is 38.7 Å². The molecule has 0 spiro atoms. The summed E-state index contributed by atoms with van der Waals surface area (Å²) in [5.41, 5.74) is 0.985. The summed E-state index contributed by atoms with van der Waals surface area (Å²) in [7, 11) is 0. The molecule has 1 aromatic rings. The van der Waals surface area contributed by atoms with Gasteiger partial charge in [0.05, 0.1) is 13.2 Å². The molecule has 86 valence electrons. The fraction of sp³-hybridized carbons (Fsp3) is 0.462. The lowest BCUT2D eigenvalue weighted by atomic mass is 10.1. The van der Waals surface area contributed by atoms with Crippen molar-refractivity contribution in [2.24, 2.45) is 10.9 Å². The largest absolute Gasteiger partial charge is 0.493 e. The zero-order valence-electron chi connectivity index (χ0n) is 9.77. The number of hydrogen-bond donors (Lipinski definition) is 0. The summed E-state index contributed by atoms with van der Waals surface area (Å²) in [6, 6.07) is 7.62. The van der Waals surface area contributed by atoms with Crippen LogP contribution in [-0.4, -0.2) is 12.7 Å². The molecule has 0 aromatic heterocycles. The van der Waals surface area contributed by atoms with E-state index in [1.165, 1.54) is 6.08 Å². The summed E-state index contributed by atoms with van der Waals surface area (Å²) >= 11 is 0. The van der Waals surface area contributed by atoms with E-state index in [0.717, 1.165) is 24.3 Å². The second-order valence-electron chi connectivity index (χ2n) is 3.88. The lowest BCUT2D eigenvalue weighted by Crippen LogP contribution is -2.07. The van der Waals surface area contributed by atoms with Crippen LogP contribution in [0.2, 0.25) is 0 Å². The molecule has 0 heterocycles. The van der Waals surface area contributed by atoms with E-state index in [2.05, 4.69) is 18.8 Å². The van der Waals surface area contributed by atoms with Crippen LogP contribution in [0.25, 0.3) is 0 Å². The maximum Gasteiger partial charge on any atom is 0.235 e. The summed E-state index contributed by atoms with van der Waals surface area (Å²) in [6.07, 6.45) is 2.64. The number of ether oxygens (including phenoxy) is 1. The van der Waals surface area contributed by atoms with E-state index < -0.39 is 0 Å². The first-order valence-electron chi connectivity index (χ1n) is 5.51. The molecule has 0 saturated carbocycles. The number of hydrogen-bond acceptors (Lipinski definition) is 3. The van der Waals surface area contributed by atoms with E-state index in [1.807, 2.05) is 24.3 Å². The zero-order chi connectivity index (χ0) is 11.8. The molecule has 1 unspecified atom stereocenters. The quantitative estimate of drug-likeness (QED) is 0.545. The maximum absolute atomic E-state index is 9.94. The average molecular weight is 219 g/mol. The number of aliphatic imine (C=N–C) groups is 1. The van der Waals surface area contributed by atoms with E-state index in [1.54, 1.807) is 0 Å². The van der Waals surface area contributed by atoms with Crippen LogP contribution in [0, 0.1) is 5.92 Å². The Bertz CT molecular complexity index is 353. The maximum atomic E-state index is 9.94. The molecule has 3 heteroatoms. The first-order valence-corrected chi connectivity index (χ1v) is 5.51. The van der Waals surface area contributed by atoms with Crippen molar-refractivity contribution in [3.63, 3.8) is 0 Å². The van der Waals surface area contributed by atoms with Crippen LogP contribution >= 0.6 is 0 Å². The monoisotopic (exact) mass is 219 g/mol. The molecule has 0 N–H and O–H groups in total. The molecule has 0 aliphatic heterocycles. The molecule has 0 aliphatic carbocycles. The summed E-state index contributed by atoms with van der Waals surface area (Å²) < 4.78 is 5.61. The molecule has 0 aliphatic rings. The first kappa shape index (κ1) is 12.5. The van der Waals surface area contributed by atoms with Crippen molar-refractivity contribution in [1.29, 1.82) is 0 Å². The predicted molar refractivity (Wildman–Crippen MR) is 63.2 cm³/mol. The van der Waals surface area contributed by atoms with Crippen LogP contribution in [0.1, 0.15) is 25.8 Å². The molecule has 0 bridgehead atoms. The number of nitrogens with zero attached hydrogens (tertiary/aromatic N) is 1. The zero-order valence-corrected chi connectivity index (χ0v) is 9.77. The van der Waals surface area contributed by atoms with Crippen molar-refractivity contribution in [3.05, 3.63) is 29.8 Å². The highest BCUT2D eigenvalue weighted by Crippen LogP contribution is 2.14. The Morgan fingerprint density at radius 1 is 1.38 bits per heavy atom. The molecule has 0 amide bonds. The van der Waals surface area contributed by atoms with Gasteiger partial charge in [0, 0.05) is 0 Å². The Balaban J connectivity index is 2.47. The Labute approximate surface area is 96.2 Å². The van der Waals surface area contributed by atoms with E-state index in [-0.39, 0.29) is 0 Å². The lowest BCUT2D eigenvalue weighted by molar-refractivity contribution is 0.256. The fourth-order valence-corrected chi connectivity index (χ4v) is 1.17. The van der Waals surface area contributed by atoms with Crippen molar-refractivity contribution in [1.82, 2.24) is 0 Å². The van der Waals surface area contributed by atoms with Crippen molar-refractivity contribution in [2.45, 2.75) is 26.8 Å². The average Bonchev–Trinajstić information content (AvgIpc) is 2.34. The SMILES string of the molecule is CCC(C)COc1ccc(CN=C=O)cc1. The van der Waals surface area contributed by atoms with Gasteiger partial charge in [-0.1, -0.05) is 32.4 Å². The van der Waals surface area contributed by atoms with Gasteiger partial charge < -0.3 is 4.74 Å². The fourth-order valence-electron chi connectivity index (χ4n) is 1.17. The number of benzene rings is 1. The summed E-state index contributed by atoms with van der Waals surface area (Å²) in [5, 5.41) is 0. The third-order valence-corrected chi connectivity index (χ3v) is 2.48. The molecule has 0 radical (unpaired) electrons. The van der Waals surface area contributed by atoms with Gasteiger partial charge in [0.2, 0.25) is 6.08 Å². The van der Waals surface area contributed by atoms with Gasteiger partial charge in [-0.25, -0.2) is 9.79 Å². The van der Waals surface area contributed by atoms with Gasteiger partial charge in [-0.05, 0) is 23.6 Å². The highest BCUT2D eigenvalue weighted by molar-refractivity contribution is 5.34. The van der Waals surface area contributed by atoms with Crippen LogP contribution in [0.15, 0.2) is 29.3 Å². The highest BCUT2D eigenvalue weighted by atomic mass is 16.5. The second kappa shape index (κ2) is 6.81. The number of carbonyl (C=O) groups excluding carboxylic acids is 1. The van der Waals surface area contributed by atoms with Crippen molar-refractivity contribution in [2.75, 3.05) is 6.61 Å². The van der Waals surface area contributed by atoms with E-state index in [9.17, 15) is 4.79 Å². The van der Waals surface area contributed by atoms with Gasteiger partial charge in [-0.15, -0.1) is 0 Å². The van der Waals surface area contributed by atoms with Crippen LogP contribution in [0.3, 0.4) is 0 Å². The van der Waals surface area contributed by atoms with Crippen molar-refractivity contribution in [3.8, 4) is 5.75 Å². The minimum absolute atomic E-state index is 0.384. The lowest BCUT2D eigenvalue weighted by Gasteiger charge is -2.10. The second-order valence-corrected chi connectivity index (χ2v) is 3.88. The van der Waals surface area contributed by atoms with Gasteiger partial charge in [0.15, 0.2) is 0 Å². The van der Waals surface area contributed by atoms with Gasteiger partial charge in [0.25, 0.3) is 0 Å². The van der Waals surface area contributed by atoms with E-state index in [0.29, 0.717) is 12.5 Å². The summed E-state index contributed by atoms with van der Waals surface area (Å²) in [6.45, 7) is 5.43. The molecule has 16 heavy (non-hydrogen) atoms. The highest BCUT2D eigenvalue weighted by Gasteiger charge is 2.00. The Hall–Kier alpha value is -1.60. The van der Waals surface area contributed by atoms with E-state index in [4.69, 9.17) is 4.74 Å². The summed E-state index contributed by atoms with van der Waals surface area (Å²) in [4.78, 5) is 13.5. The smallest absolute Gasteiger partial charge is 0.235 e. The van der Waals surface area contributed by atoms with Crippen LogP contribution in [0.5, 0.6) is 5.75 Å².